The number of amides is 2. The smallest absolute Gasteiger partial charge is 0.271 e. The summed E-state index contributed by atoms with van der Waals surface area (Å²) in [5.74, 6) is 0.658. The van der Waals surface area contributed by atoms with Gasteiger partial charge in [0.1, 0.15) is 17.2 Å². The molecule has 0 unspecified atom stereocenters. The minimum absolute atomic E-state index is 0.194. The normalized spacial score (nSPS) is 16.9. The second kappa shape index (κ2) is 9.41. The van der Waals surface area contributed by atoms with Crippen LogP contribution in [0.1, 0.15) is 26.7 Å². The third kappa shape index (κ3) is 4.72. The highest BCUT2D eigenvalue weighted by Gasteiger charge is 2.23. The molecule has 1 aromatic carbocycles. The molecule has 152 valence electrons. The van der Waals surface area contributed by atoms with E-state index in [0.29, 0.717) is 50.0 Å². The van der Waals surface area contributed by atoms with Crippen LogP contribution in [0, 0.1) is 0 Å². The average molecular weight is 390 g/mol. The summed E-state index contributed by atoms with van der Waals surface area (Å²) in [4.78, 5) is 26.0. The highest BCUT2D eigenvalue weighted by atomic mass is 16.5. The number of hydrogen-bond donors (Lipinski definition) is 2. The molecule has 0 radical (unpaired) electrons. The molecule has 1 aromatic rings. The summed E-state index contributed by atoms with van der Waals surface area (Å²) in [6, 6.07) is 3.67. The average Bonchev–Trinajstić information content (AvgIpc) is 2.71. The van der Waals surface area contributed by atoms with E-state index < -0.39 is 0 Å². The second-order valence-corrected chi connectivity index (χ2v) is 6.33. The Labute approximate surface area is 164 Å². The van der Waals surface area contributed by atoms with Crippen molar-refractivity contribution in [2.45, 2.75) is 26.7 Å². The third-order valence-corrected chi connectivity index (χ3v) is 4.43. The number of rotatable bonds is 7. The molecule has 2 aliphatic heterocycles. The van der Waals surface area contributed by atoms with Gasteiger partial charge in [-0.3, -0.25) is 9.59 Å². The Kier molecular flexibility index (Phi) is 6.70. The molecule has 0 bridgehead atoms. The van der Waals surface area contributed by atoms with Crippen LogP contribution in [0.25, 0.3) is 0 Å². The van der Waals surface area contributed by atoms with Crippen molar-refractivity contribution in [3.05, 3.63) is 12.1 Å². The van der Waals surface area contributed by atoms with E-state index in [1.54, 1.807) is 6.07 Å². The molecule has 9 heteroatoms. The fraction of sp³-hybridized carbons (Fsp3) is 0.526. The zero-order chi connectivity index (χ0) is 19.9. The molecule has 2 N–H and O–H groups in total. The van der Waals surface area contributed by atoms with Crippen LogP contribution in [0.2, 0.25) is 0 Å². The van der Waals surface area contributed by atoms with E-state index >= 15 is 0 Å². The summed E-state index contributed by atoms with van der Waals surface area (Å²) in [5.41, 5.74) is 4.03. The maximum atomic E-state index is 12.6. The van der Waals surface area contributed by atoms with E-state index in [4.69, 9.17) is 14.2 Å². The molecular formula is C19H26N4O5. The molecule has 1 fully saturated rings. The molecular weight excluding hydrogens is 364 g/mol. The molecule has 0 saturated carbocycles. The Bertz CT molecular complexity index is 759. The quantitative estimate of drug-likeness (QED) is 0.732. The van der Waals surface area contributed by atoms with E-state index in [1.165, 1.54) is 0 Å². The molecule has 2 aliphatic rings. The number of nitrogens with one attached hydrogen (secondary N) is 2. The van der Waals surface area contributed by atoms with Gasteiger partial charge in [-0.25, -0.2) is 5.43 Å². The van der Waals surface area contributed by atoms with Crippen molar-refractivity contribution < 1.29 is 23.8 Å². The Hall–Kier alpha value is -2.81. The van der Waals surface area contributed by atoms with Crippen molar-refractivity contribution in [3.8, 4) is 11.5 Å². The van der Waals surface area contributed by atoms with Crippen LogP contribution in [-0.2, 0) is 14.3 Å². The standard InChI is InChI=1S/C19H26N4O5/c1-3-27-16-12-15(23-7-9-26-10-8-23)17(28-4-2)11-14(16)20-19(25)13-5-6-18(24)22-21-13/h11-12H,3-10H2,1-2H3,(H,20,25)(H,22,24). The van der Waals surface area contributed by atoms with Crippen molar-refractivity contribution in [2.75, 3.05) is 49.7 Å². The summed E-state index contributed by atoms with van der Waals surface area (Å²) in [6.45, 7) is 7.57. The van der Waals surface area contributed by atoms with Crippen molar-refractivity contribution in [1.82, 2.24) is 5.43 Å². The molecule has 0 spiro atoms. The SMILES string of the molecule is CCOc1cc(N2CCOCC2)c(OCC)cc1NC(=O)C1=NNC(=O)CC1. The first-order chi connectivity index (χ1) is 13.6. The van der Waals surface area contributed by atoms with Crippen molar-refractivity contribution >= 4 is 28.9 Å². The van der Waals surface area contributed by atoms with E-state index in [2.05, 4.69) is 20.7 Å². The molecule has 1 saturated heterocycles. The van der Waals surface area contributed by atoms with Gasteiger partial charge < -0.3 is 24.4 Å². The van der Waals surface area contributed by atoms with Crippen LogP contribution in [0.3, 0.4) is 0 Å². The largest absolute Gasteiger partial charge is 0.492 e. The van der Waals surface area contributed by atoms with Crippen molar-refractivity contribution in [3.63, 3.8) is 0 Å². The van der Waals surface area contributed by atoms with E-state index in [1.807, 2.05) is 19.9 Å². The zero-order valence-electron chi connectivity index (χ0n) is 16.2. The summed E-state index contributed by atoms with van der Waals surface area (Å²) in [5, 5.41) is 6.68. The fourth-order valence-electron chi connectivity index (χ4n) is 3.08. The van der Waals surface area contributed by atoms with Crippen LogP contribution in [0.4, 0.5) is 11.4 Å². The Morgan fingerprint density at radius 2 is 1.89 bits per heavy atom. The van der Waals surface area contributed by atoms with Gasteiger partial charge in [-0.05, 0) is 13.8 Å². The van der Waals surface area contributed by atoms with Crippen LogP contribution in [-0.4, -0.2) is 57.0 Å². The number of morpholine rings is 1. The molecule has 3 rings (SSSR count). The first-order valence-electron chi connectivity index (χ1n) is 9.55. The fourth-order valence-corrected chi connectivity index (χ4v) is 3.08. The number of anilines is 2. The molecule has 0 atom stereocenters. The maximum absolute atomic E-state index is 12.6. The van der Waals surface area contributed by atoms with Gasteiger partial charge in [-0.15, -0.1) is 0 Å². The number of benzene rings is 1. The zero-order valence-corrected chi connectivity index (χ0v) is 16.2. The Morgan fingerprint density at radius 3 is 2.54 bits per heavy atom. The number of carbonyl (C=O) groups excluding carboxylic acids is 2. The van der Waals surface area contributed by atoms with Crippen molar-refractivity contribution in [2.24, 2.45) is 5.10 Å². The lowest BCUT2D eigenvalue weighted by Gasteiger charge is -2.31. The Balaban J connectivity index is 1.89. The van der Waals surface area contributed by atoms with Crippen LogP contribution in [0.5, 0.6) is 11.5 Å². The van der Waals surface area contributed by atoms with Crippen LogP contribution < -0.4 is 25.1 Å². The molecule has 9 nitrogen and oxygen atoms in total. The summed E-state index contributed by atoms with van der Waals surface area (Å²) in [7, 11) is 0. The molecule has 0 aromatic heterocycles. The van der Waals surface area contributed by atoms with Crippen molar-refractivity contribution in [1.29, 1.82) is 0 Å². The van der Waals surface area contributed by atoms with Gasteiger partial charge in [0.15, 0.2) is 0 Å². The first-order valence-corrected chi connectivity index (χ1v) is 9.55. The van der Waals surface area contributed by atoms with E-state index in [9.17, 15) is 9.59 Å². The first kappa shape index (κ1) is 19.9. The predicted molar refractivity (Wildman–Crippen MR) is 105 cm³/mol. The lowest BCUT2D eigenvalue weighted by atomic mass is 10.1. The number of carbonyl (C=O) groups is 2. The monoisotopic (exact) mass is 390 g/mol. The molecule has 2 amide bonds. The minimum atomic E-state index is -0.373. The topological polar surface area (TPSA) is 101 Å². The highest BCUT2D eigenvalue weighted by molar-refractivity contribution is 6.43. The van der Waals surface area contributed by atoms with Gasteiger partial charge in [0.25, 0.3) is 5.91 Å². The van der Waals surface area contributed by atoms with E-state index in [-0.39, 0.29) is 23.9 Å². The number of ether oxygens (including phenoxy) is 3. The van der Waals surface area contributed by atoms with Gasteiger partial charge in [-0.2, -0.15) is 5.10 Å². The third-order valence-electron chi connectivity index (χ3n) is 4.43. The van der Waals surface area contributed by atoms with Gasteiger partial charge in [0.2, 0.25) is 5.91 Å². The lowest BCUT2D eigenvalue weighted by Crippen LogP contribution is -2.36. The van der Waals surface area contributed by atoms with Gasteiger partial charge in [-0.1, -0.05) is 0 Å². The predicted octanol–water partition coefficient (Wildman–Crippen LogP) is 1.53. The molecule has 2 heterocycles. The van der Waals surface area contributed by atoms with Gasteiger partial charge in [0.05, 0.1) is 37.8 Å². The Morgan fingerprint density at radius 1 is 1.18 bits per heavy atom. The summed E-state index contributed by atoms with van der Waals surface area (Å²) >= 11 is 0. The number of hydrogen-bond acceptors (Lipinski definition) is 7. The highest BCUT2D eigenvalue weighted by Crippen LogP contribution is 2.39. The molecule has 28 heavy (non-hydrogen) atoms. The van der Waals surface area contributed by atoms with E-state index in [0.717, 1.165) is 18.8 Å². The van der Waals surface area contributed by atoms with Gasteiger partial charge in [0, 0.05) is 38.1 Å². The van der Waals surface area contributed by atoms with Gasteiger partial charge >= 0.3 is 0 Å². The number of nitrogens with zero attached hydrogens (tertiary/aromatic N) is 2. The van der Waals surface area contributed by atoms with Crippen LogP contribution >= 0.6 is 0 Å². The second-order valence-electron chi connectivity index (χ2n) is 6.33. The molecule has 0 aliphatic carbocycles. The van der Waals surface area contributed by atoms with Crippen LogP contribution in [0.15, 0.2) is 17.2 Å². The lowest BCUT2D eigenvalue weighted by molar-refractivity contribution is -0.121. The number of hydrazone groups is 1. The maximum Gasteiger partial charge on any atom is 0.271 e. The minimum Gasteiger partial charge on any atom is -0.492 e. The summed E-state index contributed by atoms with van der Waals surface area (Å²) < 4.78 is 17.0. The summed E-state index contributed by atoms with van der Waals surface area (Å²) in [6.07, 6.45) is 0.538.